The van der Waals surface area contributed by atoms with Crippen molar-refractivity contribution in [3.63, 3.8) is 0 Å². The predicted octanol–water partition coefficient (Wildman–Crippen LogP) is 6.60. The molecule has 0 atom stereocenters. The van der Waals surface area contributed by atoms with Crippen molar-refractivity contribution in [3.05, 3.63) is 97.8 Å². The van der Waals surface area contributed by atoms with Crippen molar-refractivity contribution in [3.8, 4) is 5.69 Å². The summed E-state index contributed by atoms with van der Waals surface area (Å²) in [5.41, 5.74) is 4.70. The van der Waals surface area contributed by atoms with Gasteiger partial charge in [0.05, 0.1) is 21.6 Å². The molecule has 4 aromatic rings. The summed E-state index contributed by atoms with van der Waals surface area (Å²) in [4.78, 5) is 18.1. The van der Waals surface area contributed by atoms with E-state index in [4.69, 9.17) is 28.2 Å². The van der Waals surface area contributed by atoms with E-state index in [2.05, 4.69) is 32.0 Å². The Balaban J connectivity index is 1.86. The quantitative estimate of drug-likeness (QED) is 0.264. The van der Waals surface area contributed by atoms with Crippen LogP contribution >= 0.6 is 35.0 Å². The fourth-order valence-corrected chi connectivity index (χ4v) is 4.44. The fourth-order valence-electron chi connectivity index (χ4n) is 3.12. The van der Waals surface area contributed by atoms with Crippen LogP contribution in [-0.4, -0.2) is 9.55 Å². The topological polar surface area (TPSA) is 34.9 Å². The summed E-state index contributed by atoms with van der Waals surface area (Å²) in [6.45, 7) is 4.19. The van der Waals surface area contributed by atoms with Gasteiger partial charge >= 0.3 is 0 Å². The minimum absolute atomic E-state index is 0.164. The number of halogens is 2. The fraction of sp³-hybridized carbons (Fsp3) is 0.130. The lowest BCUT2D eigenvalue weighted by atomic mass is 10.1. The molecule has 0 aliphatic heterocycles. The van der Waals surface area contributed by atoms with Gasteiger partial charge in [-0.1, -0.05) is 65.3 Å². The molecule has 0 saturated heterocycles. The Morgan fingerprint density at radius 3 is 2.55 bits per heavy atom. The molecule has 0 bridgehead atoms. The van der Waals surface area contributed by atoms with Crippen molar-refractivity contribution < 1.29 is 0 Å². The summed E-state index contributed by atoms with van der Waals surface area (Å²) in [5, 5.41) is 2.08. The van der Waals surface area contributed by atoms with E-state index >= 15 is 0 Å². The first-order chi connectivity index (χ1) is 13.9. The van der Waals surface area contributed by atoms with E-state index in [1.54, 1.807) is 28.8 Å². The Hall–Kier alpha value is -2.27. The molecular formula is C23H18Cl2N2OS. The van der Waals surface area contributed by atoms with Gasteiger partial charge in [0, 0.05) is 10.8 Å². The maximum absolute atomic E-state index is 13.3. The van der Waals surface area contributed by atoms with Crippen molar-refractivity contribution in [1.29, 1.82) is 0 Å². The number of nitrogens with zero attached hydrogens (tertiary/aromatic N) is 2. The summed E-state index contributed by atoms with van der Waals surface area (Å²) < 4.78 is 1.56. The Kier molecular flexibility index (Phi) is 5.68. The molecular weight excluding hydrogens is 423 g/mol. The third-order valence-electron chi connectivity index (χ3n) is 4.83. The maximum Gasteiger partial charge on any atom is 0.266 e. The molecule has 4 rings (SSSR count). The number of thioether (sulfide) groups is 1. The molecule has 3 nitrogen and oxygen atoms in total. The normalized spacial score (nSPS) is 11.2. The van der Waals surface area contributed by atoms with Gasteiger partial charge in [0.25, 0.3) is 5.56 Å². The number of hydrogen-bond donors (Lipinski definition) is 0. The summed E-state index contributed by atoms with van der Waals surface area (Å²) in [6.07, 6.45) is 0. The summed E-state index contributed by atoms with van der Waals surface area (Å²) in [5.74, 6) is 0.685. The first-order valence-corrected chi connectivity index (χ1v) is 10.8. The van der Waals surface area contributed by atoms with Gasteiger partial charge in [-0.3, -0.25) is 9.36 Å². The smallest absolute Gasteiger partial charge is 0.266 e. The van der Waals surface area contributed by atoms with Crippen molar-refractivity contribution >= 4 is 45.9 Å². The van der Waals surface area contributed by atoms with Crippen LogP contribution in [0.1, 0.15) is 16.7 Å². The van der Waals surface area contributed by atoms with Gasteiger partial charge in [-0.2, -0.15) is 0 Å². The lowest BCUT2D eigenvalue weighted by molar-refractivity contribution is 0.820. The van der Waals surface area contributed by atoms with Crippen LogP contribution in [0, 0.1) is 13.8 Å². The van der Waals surface area contributed by atoms with E-state index in [0.29, 0.717) is 37.5 Å². The SMILES string of the molecule is Cc1ccc(CSc2nc3ccccc3c(=O)n2-c2cc(Cl)ccc2Cl)cc1C. The lowest BCUT2D eigenvalue weighted by Gasteiger charge is -2.15. The molecule has 0 unspecified atom stereocenters. The number of hydrogen-bond acceptors (Lipinski definition) is 3. The number of benzene rings is 3. The standard InChI is InChI=1S/C23H18Cl2N2OS/c1-14-7-8-16(11-15(14)2)13-29-23-26-20-6-4-3-5-18(20)22(28)27(23)21-12-17(24)9-10-19(21)25/h3-12H,13H2,1-2H3. The third kappa shape index (κ3) is 4.06. The number of rotatable bonds is 4. The van der Waals surface area contributed by atoms with E-state index in [9.17, 15) is 4.79 Å². The minimum Gasteiger partial charge on any atom is -0.268 e. The van der Waals surface area contributed by atoms with Crippen LogP contribution in [-0.2, 0) is 5.75 Å². The van der Waals surface area contributed by atoms with Gasteiger partial charge in [-0.25, -0.2) is 4.98 Å². The molecule has 1 aromatic heterocycles. The second-order valence-electron chi connectivity index (χ2n) is 6.86. The van der Waals surface area contributed by atoms with E-state index < -0.39 is 0 Å². The second-order valence-corrected chi connectivity index (χ2v) is 8.64. The highest BCUT2D eigenvalue weighted by atomic mass is 35.5. The number of fused-ring (bicyclic) bond motifs is 1. The average Bonchev–Trinajstić information content (AvgIpc) is 2.71. The molecule has 29 heavy (non-hydrogen) atoms. The molecule has 0 fully saturated rings. The molecule has 0 amide bonds. The monoisotopic (exact) mass is 440 g/mol. The van der Waals surface area contributed by atoms with Crippen LogP contribution in [0.3, 0.4) is 0 Å². The van der Waals surface area contributed by atoms with Crippen LogP contribution in [0.4, 0.5) is 0 Å². The van der Waals surface area contributed by atoms with Gasteiger partial charge in [0.2, 0.25) is 0 Å². The Bertz CT molecular complexity index is 1280. The highest BCUT2D eigenvalue weighted by Gasteiger charge is 2.16. The first kappa shape index (κ1) is 20.0. The number of aryl methyl sites for hydroxylation is 2. The van der Waals surface area contributed by atoms with Crippen LogP contribution in [0.15, 0.2) is 70.6 Å². The molecule has 6 heteroatoms. The van der Waals surface area contributed by atoms with Crippen LogP contribution in [0.2, 0.25) is 10.0 Å². The van der Waals surface area contributed by atoms with E-state index in [0.717, 1.165) is 0 Å². The molecule has 0 spiro atoms. The van der Waals surface area contributed by atoms with Crippen molar-refractivity contribution in [2.24, 2.45) is 0 Å². The molecule has 0 aliphatic carbocycles. The van der Waals surface area contributed by atoms with Crippen molar-refractivity contribution in [2.75, 3.05) is 0 Å². The number of aromatic nitrogens is 2. The average molecular weight is 441 g/mol. The van der Waals surface area contributed by atoms with E-state index in [1.165, 1.54) is 28.5 Å². The summed E-state index contributed by atoms with van der Waals surface area (Å²) in [7, 11) is 0. The largest absolute Gasteiger partial charge is 0.268 e. The Labute approximate surface area is 183 Å². The Morgan fingerprint density at radius 1 is 0.966 bits per heavy atom. The summed E-state index contributed by atoms with van der Waals surface area (Å²) in [6, 6.07) is 18.8. The molecule has 1 heterocycles. The van der Waals surface area contributed by atoms with Gasteiger partial charge in [-0.15, -0.1) is 0 Å². The molecule has 3 aromatic carbocycles. The minimum atomic E-state index is -0.164. The molecule has 146 valence electrons. The maximum atomic E-state index is 13.3. The van der Waals surface area contributed by atoms with Crippen molar-refractivity contribution in [2.45, 2.75) is 24.8 Å². The predicted molar refractivity (Wildman–Crippen MR) is 123 cm³/mol. The number of para-hydroxylation sites is 1. The zero-order valence-electron chi connectivity index (χ0n) is 15.9. The highest BCUT2D eigenvalue weighted by Crippen LogP contribution is 2.29. The highest BCUT2D eigenvalue weighted by molar-refractivity contribution is 7.98. The molecule has 0 aliphatic rings. The van der Waals surface area contributed by atoms with Gasteiger partial charge < -0.3 is 0 Å². The van der Waals surface area contributed by atoms with Gasteiger partial charge in [0.15, 0.2) is 5.16 Å². The Morgan fingerprint density at radius 2 is 1.76 bits per heavy atom. The molecule has 0 N–H and O–H groups in total. The zero-order chi connectivity index (χ0) is 20.5. The van der Waals surface area contributed by atoms with E-state index in [1.807, 2.05) is 18.2 Å². The van der Waals surface area contributed by atoms with Gasteiger partial charge in [-0.05, 0) is 60.9 Å². The van der Waals surface area contributed by atoms with Crippen LogP contribution < -0.4 is 5.56 Å². The third-order valence-corrected chi connectivity index (χ3v) is 6.40. The lowest BCUT2D eigenvalue weighted by Crippen LogP contribution is -2.22. The zero-order valence-corrected chi connectivity index (χ0v) is 18.3. The van der Waals surface area contributed by atoms with Crippen LogP contribution in [0.25, 0.3) is 16.6 Å². The van der Waals surface area contributed by atoms with Crippen molar-refractivity contribution in [1.82, 2.24) is 9.55 Å². The summed E-state index contributed by atoms with van der Waals surface area (Å²) >= 11 is 14.1. The van der Waals surface area contributed by atoms with Gasteiger partial charge in [0.1, 0.15) is 0 Å². The molecule has 0 saturated carbocycles. The first-order valence-electron chi connectivity index (χ1n) is 9.10. The molecule has 0 radical (unpaired) electrons. The van der Waals surface area contributed by atoms with E-state index in [-0.39, 0.29) is 5.56 Å². The van der Waals surface area contributed by atoms with Crippen LogP contribution in [0.5, 0.6) is 0 Å². The second kappa shape index (κ2) is 8.23.